The molecule has 2 atom stereocenters. The molecule has 5 heteroatoms. The van der Waals surface area contributed by atoms with E-state index in [1.807, 2.05) is 6.92 Å². The topological polar surface area (TPSA) is 47.4 Å². The second-order valence-corrected chi connectivity index (χ2v) is 7.02. The van der Waals surface area contributed by atoms with Gasteiger partial charge in [-0.2, -0.15) is 5.10 Å². The third kappa shape index (κ3) is 4.14. The molecule has 128 valence electrons. The van der Waals surface area contributed by atoms with Gasteiger partial charge in [0, 0.05) is 25.3 Å². The predicted molar refractivity (Wildman–Crippen MR) is 89.3 cm³/mol. The third-order valence-electron chi connectivity index (χ3n) is 5.14. The predicted octanol–water partition coefficient (Wildman–Crippen LogP) is 2.84. The molecule has 0 spiro atoms. The Balaban J connectivity index is 1.58. The van der Waals surface area contributed by atoms with Crippen LogP contribution in [0.15, 0.2) is 6.07 Å². The van der Waals surface area contributed by atoms with Crippen LogP contribution in [0.5, 0.6) is 0 Å². The summed E-state index contributed by atoms with van der Waals surface area (Å²) in [6.07, 6.45) is 7.48. The first-order valence-electron chi connectivity index (χ1n) is 9.05. The van der Waals surface area contributed by atoms with E-state index in [0.29, 0.717) is 24.5 Å². The number of amides is 1. The fraction of sp³-hybridized carbons (Fsp3) is 0.778. The zero-order valence-electron chi connectivity index (χ0n) is 14.5. The van der Waals surface area contributed by atoms with E-state index in [1.165, 1.54) is 12.1 Å². The summed E-state index contributed by atoms with van der Waals surface area (Å²) in [5.74, 6) is 0.298. The van der Waals surface area contributed by atoms with E-state index in [0.717, 1.165) is 57.5 Å². The third-order valence-corrected chi connectivity index (χ3v) is 5.14. The number of ether oxygens (including phenoxy) is 1. The van der Waals surface area contributed by atoms with Gasteiger partial charge >= 0.3 is 0 Å². The van der Waals surface area contributed by atoms with Gasteiger partial charge in [0.25, 0.3) is 0 Å². The molecule has 1 aromatic rings. The molecule has 0 bridgehead atoms. The summed E-state index contributed by atoms with van der Waals surface area (Å²) in [5.41, 5.74) is 2.23. The summed E-state index contributed by atoms with van der Waals surface area (Å²) in [4.78, 5) is 14.8. The van der Waals surface area contributed by atoms with Crippen LogP contribution in [0.4, 0.5) is 0 Å². The minimum Gasteiger partial charge on any atom is -0.378 e. The van der Waals surface area contributed by atoms with Crippen LogP contribution in [-0.4, -0.2) is 45.9 Å². The number of aromatic nitrogens is 2. The molecule has 0 aliphatic carbocycles. The van der Waals surface area contributed by atoms with Gasteiger partial charge in [0.15, 0.2) is 0 Å². The van der Waals surface area contributed by atoms with Crippen molar-refractivity contribution in [3.63, 3.8) is 0 Å². The molecule has 1 amide bonds. The molecule has 0 N–H and O–H groups in total. The molecule has 2 unspecified atom stereocenters. The van der Waals surface area contributed by atoms with Crippen molar-refractivity contribution in [1.82, 2.24) is 14.7 Å². The number of likely N-dealkylation sites (tertiary alicyclic amines) is 1. The molecule has 0 saturated carbocycles. The van der Waals surface area contributed by atoms with Crippen LogP contribution in [0.3, 0.4) is 0 Å². The number of aryl methyl sites for hydroxylation is 2. The Morgan fingerprint density at radius 2 is 2.17 bits per heavy atom. The number of hydrogen-bond acceptors (Lipinski definition) is 3. The Bertz CT molecular complexity index is 534. The molecule has 3 rings (SSSR count). The summed E-state index contributed by atoms with van der Waals surface area (Å²) in [7, 11) is 0. The monoisotopic (exact) mass is 319 g/mol. The molecule has 1 aromatic heterocycles. The van der Waals surface area contributed by atoms with E-state index in [2.05, 4.69) is 27.7 Å². The van der Waals surface area contributed by atoms with Crippen LogP contribution in [-0.2, 0) is 16.1 Å². The van der Waals surface area contributed by atoms with Crippen LogP contribution in [0.25, 0.3) is 0 Å². The van der Waals surface area contributed by atoms with E-state index in [-0.39, 0.29) is 0 Å². The van der Waals surface area contributed by atoms with Crippen LogP contribution in [0, 0.1) is 13.8 Å². The summed E-state index contributed by atoms with van der Waals surface area (Å²) in [6, 6.07) is 2.39. The lowest BCUT2D eigenvalue weighted by molar-refractivity contribution is -0.135. The average Bonchev–Trinajstić information content (AvgIpc) is 3.15. The molecule has 2 aliphatic heterocycles. The van der Waals surface area contributed by atoms with Crippen molar-refractivity contribution in [2.45, 2.75) is 77.5 Å². The number of rotatable bonds is 5. The van der Waals surface area contributed by atoms with Gasteiger partial charge in [0.05, 0.1) is 24.4 Å². The maximum atomic E-state index is 12.7. The highest BCUT2D eigenvalue weighted by atomic mass is 16.5. The zero-order chi connectivity index (χ0) is 16.2. The molecule has 2 aliphatic rings. The van der Waals surface area contributed by atoms with Crippen molar-refractivity contribution in [3.05, 3.63) is 17.5 Å². The lowest BCUT2D eigenvalue weighted by atomic mass is 10.0. The minimum absolute atomic E-state index is 0.291. The van der Waals surface area contributed by atoms with Crippen molar-refractivity contribution in [3.8, 4) is 0 Å². The number of nitrogens with zero attached hydrogens (tertiary/aromatic N) is 3. The highest BCUT2D eigenvalue weighted by Gasteiger charge is 2.28. The van der Waals surface area contributed by atoms with E-state index >= 15 is 0 Å². The molecule has 5 nitrogen and oxygen atoms in total. The largest absolute Gasteiger partial charge is 0.378 e. The van der Waals surface area contributed by atoms with E-state index in [1.54, 1.807) is 0 Å². The Hall–Kier alpha value is -1.36. The van der Waals surface area contributed by atoms with E-state index in [4.69, 9.17) is 4.74 Å². The van der Waals surface area contributed by atoms with Gasteiger partial charge in [0.1, 0.15) is 0 Å². The molecule has 0 aromatic carbocycles. The smallest absolute Gasteiger partial charge is 0.222 e. The van der Waals surface area contributed by atoms with E-state index < -0.39 is 0 Å². The standard InChI is InChI=1S/C18H29N3O2/c1-14-12-15(2)21(19-14)13-16-6-3-4-10-20(16)18(22)9-8-17-7-5-11-23-17/h12,16-17H,3-11,13H2,1-2H3. The zero-order valence-corrected chi connectivity index (χ0v) is 14.5. The molecular formula is C18H29N3O2. The van der Waals surface area contributed by atoms with Gasteiger partial charge in [-0.15, -0.1) is 0 Å². The Morgan fingerprint density at radius 3 is 2.87 bits per heavy atom. The van der Waals surface area contributed by atoms with Gasteiger partial charge in [-0.3, -0.25) is 9.48 Å². The van der Waals surface area contributed by atoms with Crippen molar-refractivity contribution < 1.29 is 9.53 Å². The summed E-state index contributed by atoms with van der Waals surface area (Å²) in [5, 5.41) is 4.57. The quantitative estimate of drug-likeness (QED) is 0.838. The van der Waals surface area contributed by atoms with Gasteiger partial charge in [-0.05, 0) is 58.4 Å². The van der Waals surface area contributed by atoms with Crippen molar-refractivity contribution in [2.24, 2.45) is 0 Å². The van der Waals surface area contributed by atoms with Crippen LogP contribution >= 0.6 is 0 Å². The Kier molecular flexibility index (Phi) is 5.36. The first kappa shape index (κ1) is 16.5. The lowest BCUT2D eigenvalue weighted by Crippen LogP contribution is -2.46. The molecule has 3 heterocycles. The first-order chi connectivity index (χ1) is 11.1. The second-order valence-electron chi connectivity index (χ2n) is 7.02. The summed E-state index contributed by atoms with van der Waals surface area (Å²) >= 11 is 0. The van der Waals surface area contributed by atoms with Crippen molar-refractivity contribution >= 4 is 5.91 Å². The first-order valence-corrected chi connectivity index (χ1v) is 9.05. The minimum atomic E-state index is 0.291. The van der Waals surface area contributed by atoms with Gasteiger partial charge < -0.3 is 9.64 Å². The SMILES string of the molecule is Cc1cc(C)n(CC2CCCCN2C(=O)CCC2CCCO2)n1. The second kappa shape index (κ2) is 7.47. The lowest BCUT2D eigenvalue weighted by Gasteiger charge is -2.36. The molecule has 0 radical (unpaired) electrons. The maximum absolute atomic E-state index is 12.7. The Morgan fingerprint density at radius 1 is 1.30 bits per heavy atom. The number of carbonyl (C=O) groups excluding carboxylic acids is 1. The molecule has 2 saturated heterocycles. The highest BCUT2D eigenvalue weighted by molar-refractivity contribution is 5.76. The molecule has 23 heavy (non-hydrogen) atoms. The number of carbonyl (C=O) groups is 1. The van der Waals surface area contributed by atoms with Gasteiger partial charge in [0.2, 0.25) is 5.91 Å². The van der Waals surface area contributed by atoms with E-state index in [9.17, 15) is 4.79 Å². The Labute approximate surface area is 139 Å². The van der Waals surface area contributed by atoms with Gasteiger partial charge in [-0.25, -0.2) is 0 Å². The van der Waals surface area contributed by atoms with Crippen LogP contribution in [0.2, 0.25) is 0 Å². The summed E-state index contributed by atoms with van der Waals surface area (Å²) < 4.78 is 7.71. The van der Waals surface area contributed by atoms with Crippen molar-refractivity contribution in [2.75, 3.05) is 13.2 Å². The fourth-order valence-electron chi connectivity index (χ4n) is 3.88. The normalized spacial score (nSPS) is 25.0. The van der Waals surface area contributed by atoms with Crippen LogP contribution in [0.1, 0.15) is 56.3 Å². The fourth-order valence-corrected chi connectivity index (χ4v) is 3.88. The molecule has 2 fully saturated rings. The van der Waals surface area contributed by atoms with Crippen molar-refractivity contribution in [1.29, 1.82) is 0 Å². The molecular weight excluding hydrogens is 290 g/mol. The highest BCUT2D eigenvalue weighted by Crippen LogP contribution is 2.22. The van der Waals surface area contributed by atoms with Crippen LogP contribution < -0.4 is 0 Å². The van der Waals surface area contributed by atoms with Gasteiger partial charge in [-0.1, -0.05) is 0 Å². The number of piperidine rings is 1. The number of hydrogen-bond donors (Lipinski definition) is 0. The maximum Gasteiger partial charge on any atom is 0.222 e. The average molecular weight is 319 g/mol. The summed E-state index contributed by atoms with van der Waals surface area (Å²) in [6.45, 7) is 6.70.